The molecule has 1 unspecified atom stereocenters. The summed E-state index contributed by atoms with van der Waals surface area (Å²) in [6.45, 7) is 6.81. The molecular weight excluding hydrogens is 542 g/mol. The molecule has 0 fully saturated rings. The Morgan fingerprint density at radius 2 is 1.24 bits per heavy atom. The van der Waals surface area contributed by atoms with Gasteiger partial charge in [-0.15, -0.1) is 0 Å². The second-order valence-corrected chi connectivity index (χ2v) is 11.8. The molecule has 1 aromatic heterocycles. The van der Waals surface area contributed by atoms with Crippen molar-refractivity contribution in [3.05, 3.63) is 199 Å². The van der Waals surface area contributed by atoms with Crippen LogP contribution in [0.3, 0.4) is 0 Å². The van der Waals surface area contributed by atoms with E-state index in [9.17, 15) is 0 Å². The SMILES string of the molecule is C=C(/C=C\C=C/C)C1(c2ccccc2)c2ccccc2-c2cc3c4ccccc4n(-c4ccc(-c5ccccc5)cc4)c3cc21. The molecule has 214 valence electrons. The molecule has 45 heavy (non-hydrogen) atoms. The van der Waals surface area contributed by atoms with Gasteiger partial charge in [-0.3, -0.25) is 0 Å². The third-order valence-corrected chi connectivity index (χ3v) is 9.36. The number of para-hydroxylation sites is 1. The highest BCUT2D eigenvalue weighted by atomic mass is 15.0. The molecular formula is C44H33N. The highest BCUT2D eigenvalue weighted by Gasteiger charge is 2.46. The van der Waals surface area contributed by atoms with Gasteiger partial charge in [0.2, 0.25) is 0 Å². The minimum atomic E-state index is -0.530. The largest absolute Gasteiger partial charge is 0.309 e. The van der Waals surface area contributed by atoms with Crippen molar-refractivity contribution in [1.29, 1.82) is 0 Å². The molecule has 0 saturated carbocycles. The Morgan fingerprint density at radius 1 is 0.578 bits per heavy atom. The Labute approximate surface area is 264 Å². The summed E-state index contributed by atoms with van der Waals surface area (Å²) in [6, 6.07) is 53.0. The zero-order valence-corrected chi connectivity index (χ0v) is 25.3. The minimum Gasteiger partial charge on any atom is -0.309 e. The number of allylic oxidation sites excluding steroid dienone is 5. The third-order valence-electron chi connectivity index (χ3n) is 9.36. The van der Waals surface area contributed by atoms with Crippen LogP contribution in [-0.2, 0) is 5.41 Å². The zero-order valence-electron chi connectivity index (χ0n) is 25.3. The Kier molecular flexibility index (Phi) is 6.47. The normalized spacial score (nSPS) is 15.7. The van der Waals surface area contributed by atoms with Crippen LogP contribution in [-0.4, -0.2) is 4.57 Å². The molecule has 1 heteroatoms. The summed E-state index contributed by atoms with van der Waals surface area (Å²) in [5, 5.41) is 2.51. The van der Waals surface area contributed by atoms with Crippen molar-refractivity contribution in [1.82, 2.24) is 4.57 Å². The van der Waals surface area contributed by atoms with Crippen LogP contribution in [0.5, 0.6) is 0 Å². The van der Waals surface area contributed by atoms with Gasteiger partial charge in [-0.1, -0.05) is 146 Å². The van der Waals surface area contributed by atoms with Crippen molar-refractivity contribution >= 4 is 21.8 Å². The molecule has 0 N–H and O–H groups in total. The Balaban J connectivity index is 1.44. The van der Waals surface area contributed by atoms with Crippen LogP contribution in [0.15, 0.2) is 182 Å². The average Bonchev–Trinajstić information content (AvgIpc) is 3.58. The van der Waals surface area contributed by atoms with Crippen molar-refractivity contribution in [2.24, 2.45) is 0 Å². The lowest BCUT2D eigenvalue weighted by Crippen LogP contribution is -2.28. The second-order valence-electron chi connectivity index (χ2n) is 11.8. The summed E-state index contributed by atoms with van der Waals surface area (Å²) in [5.74, 6) is 0. The van der Waals surface area contributed by atoms with Gasteiger partial charge in [0.05, 0.1) is 16.4 Å². The van der Waals surface area contributed by atoms with Gasteiger partial charge in [0.1, 0.15) is 0 Å². The van der Waals surface area contributed by atoms with Crippen LogP contribution in [0.2, 0.25) is 0 Å². The van der Waals surface area contributed by atoms with E-state index in [4.69, 9.17) is 6.58 Å². The van der Waals surface area contributed by atoms with E-state index < -0.39 is 5.41 Å². The first-order chi connectivity index (χ1) is 22.2. The molecule has 0 saturated heterocycles. The highest BCUT2D eigenvalue weighted by molar-refractivity contribution is 6.12. The first-order valence-electron chi connectivity index (χ1n) is 15.6. The molecule has 0 amide bonds. The lowest BCUT2D eigenvalue weighted by Gasteiger charge is -2.34. The fraction of sp³-hybridized carbons (Fsp3) is 0.0455. The maximum atomic E-state index is 4.77. The predicted molar refractivity (Wildman–Crippen MR) is 191 cm³/mol. The van der Waals surface area contributed by atoms with E-state index in [1.807, 2.05) is 6.92 Å². The van der Waals surface area contributed by atoms with Gasteiger partial charge in [0.25, 0.3) is 0 Å². The lowest BCUT2D eigenvalue weighted by atomic mass is 9.67. The van der Waals surface area contributed by atoms with Crippen LogP contribution in [0.4, 0.5) is 0 Å². The molecule has 0 aliphatic heterocycles. The molecule has 0 radical (unpaired) electrons. The summed E-state index contributed by atoms with van der Waals surface area (Å²) >= 11 is 0. The summed E-state index contributed by atoms with van der Waals surface area (Å²) < 4.78 is 2.43. The van der Waals surface area contributed by atoms with Crippen LogP contribution in [0.25, 0.3) is 49.7 Å². The molecule has 1 aliphatic carbocycles. The molecule has 1 nitrogen and oxygen atoms in total. The van der Waals surface area contributed by atoms with Gasteiger partial charge < -0.3 is 4.57 Å². The van der Waals surface area contributed by atoms with E-state index >= 15 is 0 Å². The van der Waals surface area contributed by atoms with Crippen molar-refractivity contribution in [3.63, 3.8) is 0 Å². The minimum absolute atomic E-state index is 0.530. The smallest absolute Gasteiger partial charge is 0.0708 e. The van der Waals surface area contributed by atoms with E-state index in [-0.39, 0.29) is 0 Å². The number of rotatable bonds is 6. The summed E-state index contributed by atoms with van der Waals surface area (Å²) in [5.41, 5.74) is 12.8. The summed E-state index contributed by atoms with van der Waals surface area (Å²) in [4.78, 5) is 0. The van der Waals surface area contributed by atoms with Crippen molar-refractivity contribution in [2.45, 2.75) is 12.3 Å². The molecule has 8 rings (SSSR count). The van der Waals surface area contributed by atoms with Crippen LogP contribution < -0.4 is 0 Å². The second kappa shape index (κ2) is 10.8. The standard InChI is InChI=1S/C44H33N/c1-3-4-7-16-31(2)44(34-19-10-6-11-20-34)40-23-14-12-21-36(40)38-29-39-37-22-13-15-24-42(37)45(43(39)30-41(38)44)35-27-25-33(26-28-35)32-17-8-5-9-18-32/h3-30H,2H2,1H3/b4-3-,16-7-. The number of aromatic nitrogens is 1. The first-order valence-corrected chi connectivity index (χ1v) is 15.6. The Hall–Kier alpha value is -5.66. The van der Waals surface area contributed by atoms with Gasteiger partial charge in [-0.2, -0.15) is 0 Å². The molecule has 0 bridgehead atoms. The van der Waals surface area contributed by atoms with E-state index in [1.54, 1.807) is 0 Å². The molecule has 6 aromatic carbocycles. The van der Waals surface area contributed by atoms with E-state index in [2.05, 4.69) is 174 Å². The topological polar surface area (TPSA) is 4.93 Å². The number of nitrogens with zero attached hydrogens (tertiary/aromatic N) is 1. The molecule has 0 spiro atoms. The Bertz CT molecular complexity index is 2260. The van der Waals surface area contributed by atoms with Crippen LogP contribution in [0.1, 0.15) is 23.6 Å². The fourth-order valence-electron chi connectivity index (χ4n) is 7.39. The van der Waals surface area contributed by atoms with E-state index in [0.29, 0.717) is 0 Å². The van der Waals surface area contributed by atoms with Crippen LogP contribution in [0, 0.1) is 0 Å². The quantitative estimate of drug-likeness (QED) is 0.174. The van der Waals surface area contributed by atoms with Gasteiger partial charge in [0.15, 0.2) is 0 Å². The number of benzene rings is 6. The summed E-state index contributed by atoms with van der Waals surface area (Å²) in [7, 11) is 0. The van der Waals surface area contributed by atoms with E-state index in [0.717, 1.165) is 11.3 Å². The average molecular weight is 576 g/mol. The zero-order chi connectivity index (χ0) is 30.4. The van der Waals surface area contributed by atoms with Gasteiger partial charge in [0, 0.05) is 16.5 Å². The molecule has 1 heterocycles. The van der Waals surface area contributed by atoms with E-state index in [1.165, 1.54) is 60.8 Å². The van der Waals surface area contributed by atoms with Crippen molar-refractivity contribution < 1.29 is 0 Å². The number of hydrogen-bond acceptors (Lipinski definition) is 0. The molecule has 1 atom stereocenters. The number of hydrogen-bond donors (Lipinski definition) is 0. The number of fused-ring (bicyclic) bond motifs is 6. The molecule has 7 aromatic rings. The fourth-order valence-corrected chi connectivity index (χ4v) is 7.39. The van der Waals surface area contributed by atoms with Gasteiger partial charge >= 0.3 is 0 Å². The maximum absolute atomic E-state index is 4.77. The maximum Gasteiger partial charge on any atom is 0.0708 e. The van der Waals surface area contributed by atoms with Gasteiger partial charge in [-0.05, 0) is 81.8 Å². The van der Waals surface area contributed by atoms with Crippen LogP contribution >= 0.6 is 0 Å². The monoisotopic (exact) mass is 575 g/mol. The van der Waals surface area contributed by atoms with Crippen molar-refractivity contribution in [2.75, 3.05) is 0 Å². The highest BCUT2D eigenvalue weighted by Crippen LogP contribution is 2.57. The first kappa shape index (κ1) is 26.9. The summed E-state index contributed by atoms with van der Waals surface area (Å²) in [6.07, 6.45) is 8.42. The van der Waals surface area contributed by atoms with Crippen molar-refractivity contribution in [3.8, 4) is 27.9 Å². The Morgan fingerprint density at radius 3 is 2.02 bits per heavy atom. The molecule has 1 aliphatic rings. The third kappa shape index (κ3) is 4.08. The predicted octanol–water partition coefficient (Wildman–Crippen LogP) is 11.5. The van der Waals surface area contributed by atoms with Gasteiger partial charge in [-0.25, -0.2) is 0 Å². The lowest BCUT2D eigenvalue weighted by molar-refractivity contribution is 0.771.